The molecule has 0 aromatic carbocycles. The van der Waals surface area contributed by atoms with E-state index in [4.69, 9.17) is 0 Å². The molecule has 3 unspecified atom stereocenters. The molecule has 2 fully saturated rings. The number of carbonyl (C=O) groups is 2. The first-order valence-electron chi connectivity index (χ1n) is 7.97. The van der Waals surface area contributed by atoms with E-state index in [-0.39, 0.29) is 12.1 Å². The molecule has 21 heavy (non-hydrogen) atoms. The van der Waals surface area contributed by atoms with Crippen LogP contribution in [0.4, 0.5) is 4.79 Å². The number of piperazine rings is 1. The number of amides is 2. The topological polar surface area (TPSA) is 72.9 Å². The van der Waals surface area contributed by atoms with Gasteiger partial charge < -0.3 is 20.2 Å². The van der Waals surface area contributed by atoms with E-state index in [2.05, 4.69) is 24.2 Å². The fraction of sp³-hybridized carbons (Fsp3) is 0.867. The summed E-state index contributed by atoms with van der Waals surface area (Å²) >= 11 is 0. The van der Waals surface area contributed by atoms with E-state index in [1.807, 2.05) is 4.90 Å². The Bertz CT molecular complexity index is 388. The van der Waals surface area contributed by atoms with Crippen molar-refractivity contribution < 1.29 is 14.7 Å². The smallest absolute Gasteiger partial charge is 0.317 e. The SMILES string of the molecule is CC1CN(C(=O)NC2CCCCCC2C(=O)O)CCN1C. The van der Waals surface area contributed by atoms with Crippen LogP contribution in [-0.2, 0) is 4.79 Å². The molecule has 0 bridgehead atoms. The highest BCUT2D eigenvalue weighted by atomic mass is 16.4. The molecule has 6 nitrogen and oxygen atoms in total. The molecule has 1 saturated heterocycles. The van der Waals surface area contributed by atoms with Crippen LogP contribution < -0.4 is 5.32 Å². The highest BCUT2D eigenvalue weighted by Gasteiger charge is 2.32. The molecule has 2 rings (SSSR count). The van der Waals surface area contributed by atoms with Crippen molar-refractivity contribution in [3.8, 4) is 0 Å². The first-order chi connectivity index (χ1) is 9.99. The maximum Gasteiger partial charge on any atom is 0.317 e. The van der Waals surface area contributed by atoms with Gasteiger partial charge in [-0.15, -0.1) is 0 Å². The third-order valence-electron chi connectivity index (χ3n) is 4.89. The van der Waals surface area contributed by atoms with Gasteiger partial charge in [-0.1, -0.05) is 19.3 Å². The maximum atomic E-state index is 12.4. The number of aliphatic carboxylic acids is 1. The molecule has 3 atom stereocenters. The summed E-state index contributed by atoms with van der Waals surface area (Å²) in [4.78, 5) is 27.8. The summed E-state index contributed by atoms with van der Waals surface area (Å²) in [5.41, 5.74) is 0. The van der Waals surface area contributed by atoms with Gasteiger partial charge in [-0.2, -0.15) is 0 Å². The van der Waals surface area contributed by atoms with Crippen LogP contribution in [0.3, 0.4) is 0 Å². The van der Waals surface area contributed by atoms with Crippen molar-refractivity contribution in [3.63, 3.8) is 0 Å². The zero-order chi connectivity index (χ0) is 15.4. The summed E-state index contributed by atoms with van der Waals surface area (Å²) in [5.74, 6) is -1.23. The number of carboxylic acids is 1. The predicted octanol–water partition coefficient (Wildman–Crippen LogP) is 1.37. The molecule has 2 amide bonds. The third-order valence-corrected chi connectivity index (χ3v) is 4.89. The molecule has 2 N–H and O–H groups in total. The van der Waals surface area contributed by atoms with Crippen LogP contribution in [0, 0.1) is 5.92 Å². The lowest BCUT2D eigenvalue weighted by Crippen LogP contribution is -2.56. The summed E-state index contributed by atoms with van der Waals surface area (Å²) in [6.07, 6.45) is 4.43. The van der Waals surface area contributed by atoms with Gasteiger partial charge in [-0.25, -0.2) is 4.79 Å². The molecule has 1 aliphatic heterocycles. The lowest BCUT2D eigenvalue weighted by atomic mass is 9.95. The van der Waals surface area contributed by atoms with Crippen LogP contribution in [0.1, 0.15) is 39.0 Å². The van der Waals surface area contributed by atoms with Gasteiger partial charge in [0.25, 0.3) is 0 Å². The van der Waals surface area contributed by atoms with Crippen molar-refractivity contribution in [2.45, 2.75) is 51.1 Å². The van der Waals surface area contributed by atoms with E-state index in [1.165, 1.54) is 0 Å². The van der Waals surface area contributed by atoms with Gasteiger partial charge in [0.1, 0.15) is 0 Å². The van der Waals surface area contributed by atoms with E-state index in [0.717, 1.165) is 32.2 Å². The largest absolute Gasteiger partial charge is 0.481 e. The second-order valence-electron chi connectivity index (χ2n) is 6.41. The van der Waals surface area contributed by atoms with E-state index in [9.17, 15) is 14.7 Å². The van der Waals surface area contributed by atoms with Crippen molar-refractivity contribution in [3.05, 3.63) is 0 Å². The Morgan fingerprint density at radius 2 is 1.86 bits per heavy atom. The Morgan fingerprint density at radius 3 is 2.52 bits per heavy atom. The minimum absolute atomic E-state index is 0.104. The van der Waals surface area contributed by atoms with Gasteiger partial charge in [0.15, 0.2) is 0 Å². The first-order valence-corrected chi connectivity index (χ1v) is 7.97. The van der Waals surface area contributed by atoms with Crippen LogP contribution >= 0.6 is 0 Å². The monoisotopic (exact) mass is 297 g/mol. The molecule has 0 spiro atoms. The zero-order valence-electron chi connectivity index (χ0n) is 13.0. The van der Waals surface area contributed by atoms with Crippen LogP contribution in [0.15, 0.2) is 0 Å². The third kappa shape index (κ3) is 4.09. The number of rotatable bonds is 2. The molecule has 0 aromatic rings. The Balaban J connectivity index is 1.95. The molecule has 2 aliphatic rings. The Morgan fingerprint density at radius 1 is 1.14 bits per heavy atom. The van der Waals surface area contributed by atoms with Crippen LogP contribution in [0.25, 0.3) is 0 Å². The number of hydrogen-bond acceptors (Lipinski definition) is 3. The minimum Gasteiger partial charge on any atom is -0.481 e. The van der Waals surface area contributed by atoms with Crippen molar-refractivity contribution in [1.82, 2.24) is 15.1 Å². The summed E-state index contributed by atoms with van der Waals surface area (Å²) in [6, 6.07) is 0.00877. The average Bonchev–Trinajstić information content (AvgIpc) is 2.67. The molecular formula is C15H27N3O3. The maximum absolute atomic E-state index is 12.4. The fourth-order valence-electron chi connectivity index (χ4n) is 3.26. The van der Waals surface area contributed by atoms with Crippen LogP contribution in [0.5, 0.6) is 0 Å². The van der Waals surface area contributed by atoms with Gasteiger partial charge in [0, 0.05) is 31.7 Å². The number of nitrogens with one attached hydrogen (secondary N) is 1. The summed E-state index contributed by atoms with van der Waals surface area (Å²) in [5, 5.41) is 12.3. The summed E-state index contributed by atoms with van der Waals surface area (Å²) < 4.78 is 0. The highest BCUT2D eigenvalue weighted by Crippen LogP contribution is 2.24. The number of hydrogen-bond donors (Lipinski definition) is 2. The Hall–Kier alpha value is -1.30. The molecule has 6 heteroatoms. The second-order valence-corrected chi connectivity index (χ2v) is 6.41. The van der Waals surface area contributed by atoms with Crippen LogP contribution in [-0.4, -0.2) is 65.7 Å². The van der Waals surface area contributed by atoms with E-state index < -0.39 is 11.9 Å². The molecule has 1 heterocycles. The molecular weight excluding hydrogens is 270 g/mol. The molecule has 1 aliphatic carbocycles. The number of carbonyl (C=O) groups excluding carboxylic acids is 1. The first kappa shape index (κ1) is 16.1. The lowest BCUT2D eigenvalue weighted by Gasteiger charge is -2.38. The van der Waals surface area contributed by atoms with Gasteiger partial charge in [0.2, 0.25) is 0 Å². The average molecular weight is 297 g/mol. The standard InChI is InChI=1S/C15H27N3O3/c1-11-10-18(9-8-17(11)2)15(21)16-13-7-5-3-4-6-12(13)14(19)20/h11-13H,3-10H2,1-2H3,(H,16,21)(H,19,20). The van der Waals surface area contributed by atoms with Crippen molar-refractivity contribution in [2.75, 3.05) is 26.7 Å². The molecule has 1 saturated carbocycles. The van der Waals surface area contributed by atoms with E-state index >= 15 is 0 Å². The minimum atomic E-state index is -0.783. The Kier molecular flexibility index (Phi) is 5.45. The van der Waals surface area contributed by atoms with Gasteiger partial charge >= 0.3 is 12.0 Å². The van der Waals surface area contributed by atoms with Crippen molar-refractivity contribution in [2.24, 2.45) is 5.92 Å². The molecule has 0 radical (unpaired) electrons. The van der Waals surface area contributed by atoms with E-state index in [0.29, 0.717) is 25.6 Å². The van der Waals surface area contributed by atoms with Gasteiger partial charge in [-0.05, 0) is 26.8 Å². The van der Waals surface area contributed by atoms with E-state index in [1.54, 1.807) is 0 Å². The van der Waals surface area contributed by atoms with Gasteiger partial charge in [0.05, 0.1) is 5.92 Å². The quantitative estimate of drug-likeness (QED) is 0.755. The van der Waals surface area contributed by atoms with Gasteiger partial charge in [-0.3, -0.25) is 4.79 Å². The summed E-state index contributed by atoms with van der Waals surface area (Å²) in [7, 11) is 2.06. The Labute approximate surface area is 126 Å². The van der Waals surface area contributed by atoms with Crippen molar-refractivity contribution in [1.29, 1.82) is 0 Å². The fourth-order valence-corrected chi connectivity index (χ4v) is 3.26. The molecule has 0 aromatic heterocycles. The zero-order valence-corrected chi connectivity index (χ0v) is 13.0. The highest BCUT2D eigenvalue weighted by molar-refractivity contribution is 5.77. The number of likely N-dealkylation sites (N-methyl/N-ethyl adjacent to an activating group) is 1. The number of carboxylic acid groups (broad SMARTS) is 1. The van der Waals surface area contributed by atoms with Crippen LogP contribution in [0.2, 0.25) is 0 Å². The normalized spacial score (nSPS) is 31.5. The second kappa shape index (κ2) is 7.11. The molecule has 120 valence electrons. The summed E-state index contributed by atoms with van der Waals surface area (Å²) in [6.45, 7) is 4.37. The number of urea groups is 1. The number of nitrogens with zero attached hydrogens (tertiary/aromatic N) is 2. The van der Waals surface area contributed by atoms with Crippen molar-refractivity contribution >= 4 is 12.0 Å². The lowest BCUT2D eigenvalue weighted by molar-refractivity contribution is -0.142. The predicted molar refractivity (Wildman–Crippen MR) is 80.2 cm³/mol.